The highest BCUT2D eigenvalue weighted by atomic mass is 16.6. The Hall–Kier alpha value is -4.36. The average Bonchev–Trinajstić information content (AvgIpc) is 3.66. The highest BCUT2D eigenvalue weighted by molar-refractivity contribution is 6.20. The monoisotopic (exact) mass is 653 g/mol. The van der Waals surface area contributed by atoms with Gasteiger partial charge < -0.3 is 29.6 Å². The second kappa shape index (κ2) is 12.9. The minimum atomic E-state index is -0.526. The number of amides is 2. The van der Waals surface area contributed by atoms with Gasteiger partial charge >= 0.3 is 6.09 Å². The van der Waals surface area contributed by atoms with E-state index in [4.69, 9.17) is 9.47 Å². The number of aromatic nitrogens is 1. The summed E-state index contributed by atoms with van der Waals surface area (Å²) in [6.07, 6.45) is 3.04. The number of rotatable bonds is 7. The Bertz CT molecular complexity index is 1790. The molecule has 2 heterocycles. The number of carbonyl (C=O) groups excluding carboxylic acids is 3. The predicted octanol–water partition coefficient (Wildman–Crippen LogP) is 5.83. The lowest BCUT2D eigenvalue weighted by Gasteiger charge is -2.39. The van der Waals surface area contributed by atoms with Gasteiger partial charge in [-0.05, 0) is 87.8 Å². The molecule has 2 atom stereocenters. The van der Waals surface area contributed by atoms with Crippen molar-refractivity contribution in [3.63, 3.8) is 0 Å². The minimum Gasteiger partial charge on any atom is -0.444 e. The first-order valence-electron chi connectivity index (χ1n) is 17.2. The number of nitriles is 1. The van der Waals surface area contributed by atoms with Gasteiger partial charge in [-0.25, -0.2) is 4.79 Å². The summed E-state index contributed by atoms with van der Waals surface area (Å²) in [6.45, 7) is 15.1. The van der Waals surface area contributed by atoms with Crippen LogP contribution < -0.4 is 10.2 Å². The molecule has 0 bridgehead atoms. The molecule has 0 spiro atoms. The van der Waals surface area contributed by atoms with Gasteiger partial charge in [0, 0.05) is 65.5 Å². The van der Waals surface area contributed by atoms with E-state index in [1.165, 1.54) is 0 Å². The van der Waals surface area contributed by atoms with Crippen LogP contribution >= 0.6 is 0 Å². The fourth-order valence-electron chi connectivity index (χ4n) is 7.59. The van der Waals surface area contributed by atoms with Crippen LogP contribution in [-0.4, -0.2) is 78.7 Å². The molecule has 2 N–H and O–H groups in total. The SMILES string of the molecule is CCc1cc2c(cc1N1CCN(C(=O)COC[C@@H]3CC[C@@H](NC(=O)OC(C)(C)C)C3)CC1)C(C)(C)c1[nH]c3cc(C#N)ccc3c1C2=O. The molecule has 2 fully saturated rings. The predicted molar refractivity (Wildman–Crippen MR) is 185 cm³/mol. The molecular formula is C38H47N5O5. The molecule has 2 amide bonds. The molecule has 6 rings (SSSR count). The molecule has 0 unspecified atom stereocenters. The van der Waals surface area contributed by atoms with Crippen LogP contribution in [0.4, 0.5) is 10.5 Å². The molecule has 1 saturated carbocycles. The summed E-state index contributed by atoms with van der Waals surface area (Å²) in [5.41, 5.74) is 5.91. The topological polar surface area (TPSA) is 128 Å². The molecule has 3 aliphatic rings. The molecule has 2 aromatic carbocycles. The molecule has 254 valence electrons. The standard InChI is InChI=1S/C38H47N5O5/c1-7-25-18-28-29(38(5,6)35-33(34(28)45)27-11-9-23(20-39)17-30(27)41-35)19-31(25)42-12-14-43(15-13-42)32(44)22-47-21-24-8-10-26(16-24)40-36(46)48-37(2,3)4/h9,11,17-19,24,26,41H,7-8,10,12-16,21-22H2,1-6H3,(H,40,46)/t24-,26-/m1/s1. The van der Waals surface area contributed by atoms with Crippen molar-refractivity contribution in [3.05, 3.63) is 63.8 Å². The lowest BCUT2D eigenvalue weighted by molar-refractivity contribution is -0.136. The second-order valence-corrected chi connectivity index (χ2v) is 15.0. The van der Waals surface area contributed by atoms with Crippen molar-refractivity contribution in [2.24, 2.45) is 5.92 Å². The summed E-state index contributed by atoms with van der Waals surface area (Å²) < 4.78 is 11.2. The lowest BCUT2D eigenvalue weighted by Crippen LogP contribution is -2.50. The number of anilines is 1. The number of alkyl carbamates (subject to hydrolysis) is 1. The first kappa shape index (κ1) is 33.5. The second-order valence-electron chi connectivity index (χ2n) is 15.0. The average molecular weight is 654 g/mol. The van der Waals surface area contributed by atoms with Gasteiger partial charge in [0.15, 0.2) is 5.78 Å². The van der Waals surface area contributed by atoms with Gasteiger partial charge in [-0.3, -0.25) is 9.59 Å². The number of fused-ring (bicyclic) bond motifs is 4. The van der Waals surface area contributed by atoms with Crippen LogP contribution in [0, 0.1) is 17.2 Å². The third-order valence-corrected chi connectivity index (χ3v) is 10.1. The van der Waals surface area contributed by atoms with Crippen LogP contribution in [-0.2, 0) is 26.1 Å². The summed E-state index contributed by atoms with van der Waals surface area (Å²) in [5, 5.41) is 13.2. The summed E-state index contributed by atoms with van der Waals surface area (Å²) in [7, 11) is 0. The third kappa shape index (κ3) is 6.53. The number of benzene rings is 2. The van der Waals surface area contributed by atoms with E-state index in [0.717, 1.165) is 64.7 Å². The maximum absolute atomic E-state index is 14.0. The van der Waals surface area contributed by atoms with Crippen LogP contribution in [0.15, 0.2) is 30.3 Å². The Kier molecular flexibility index (Phi) is 9.03. The van der Waals surface area contributed by atoms with Crippen molar-refractivity contribution in [3.8, 4) is 6.07 Å². The summed E-state index contributed by atoms with van der Waals surface area (Å²) in [4.78, 5) is 46.9. The van der Waals surface area contributed by atoms with E-state index >= 15 is 0 Å². The Labute approximate surface area is 282 Å². The maximum Gasteiger partial charge on any atom is 0.407 e. The van der Waals surface area contributed by atoms with Crippen molar-refractivity contribution < 1.29 is 23.9 Å². The van der Waals surface area contributed by atoms with Gasteiger partial charge in [0.2, 0.25) is 5.91 Å². The van der Waals surface area contributed by atoms with E-state index in [1.807, 2.05) is 37.8 Å². The number of aromatic amines is 1. The van der Waals surface area contributed by atoms with Crippen LogP contribution in [0.3, 0.4) is 0 Å². The summed E-state index contributed by atoms with van der Waals surface area (Å²) in [6, 6.07) is 12.0. The summed E-state index contributed by atoms with van der Waals surface area (Å²) in [5.74, 6) is 0.312. The number of hydrogen-bond donors (Lipinski definition) is 2. The van der Waals surface area contributed by atoms with E-state index < -0.39 is 11.0 Å². The van der Waals surface area contributed by atoms with E-state index in [1.54, 1.807) is 6.07 Å². The number of carbonyl (C=O) groups is 3. The number of ether oxygens (including phenoxy) is 2. The smallest absolute Gasteiger partial charge is 0.407 e. The fraction of sp³-hybridized carbons (Fsp3) is 0.526. The van der Waals surface area contributed by atoms with Crippen LogP contribution in [0.1, 0.15) is 99.1 Å². The van der Waals surface area contributed by atoms with E-state index in [9.17, 15) is 19.6 Å². The number of aryl methyl sites for hydroxylation is 1. The van der Waals surface area contributed by atoms with E-state index in [-0.39, 0.29) is 30.4 Å². The third-order valence-electron chi connectivity index (χ3n) is 10.1. The quantitative estimate of drug-likeness (QED) is 0.328. The number of ketones is 1. The molecule has 1 aromatic heterocycles. The molecule has 1 saturated heterocycles. The zero-order valence-corrected chi connectivity index (χ0v) is 29.0. The highest BCUT2D eigenvalue weighted by Crippen LogP contribution is 2.46. The van der Waals surface area contributed by atoms with Crippen molar-refractivity contribution in [1.29, 1.82) is 5.26 Å². The zero-order chi connectivity index (χ0) is 34.4. The number of H-pyrrole nitrogens is 1. The van der Waals surface area contributed by atoms with Crippen LogP contribution in [0.25, 0.3) is 10.9 Å². The van der Waals surface area contributed by atoms with Gasteiger partial charge in [-0.1, -0.05) is 26.8 Å². The van der Waals surface area contributed by atoms with Crippen LogP contribution in [0.5, 0.6) is 0 Å². The molecule has 2 aliphatic carbocycles. The van der Waals surface area contributed by atoms with E-state index in [2.05, 4.69) is 54.2 Å². The largest absolute Gasteiger partial charge is 0.444 e. The van der Waals surface area contributed by atoms with E-state index in [0.29, 0.717) is 49.8 Å². The number of nitrogens with zero attached hydrogens (tertiary/aromatic N) is 3. The first-order chi connectivity index (χ1) is 22.8. The van der Waals surface area contributed by atoms with Crippen molar-refractivity contribution in [2.75, 3.05) is 44.3 Å². The van der Waals surface area contributed by atoms with Crippen molar-refractivity contribution >= 4 is 34.4 Å². The Morgan fingerprint density at radius 3 is 2.54 bits per heavy atom. The Balaban J connectivity index is 1.07. The molecule has 0 radical (unpaired) electrons. The summed E-state index contributed by atoms with van der Waals surface area (Å²) >= 11 is 0. The Morgan fingerprint density at radius 2 is 1.85 bits per heavy atom. The molecule has 3 aromatic rings. The minimum absolute atomic E-state index is 0.00476. The van der Waals surface area contributed by atoms with Gasteiger partial charge in [0.05, 0.1) is 23.8 Å². The number of hydrogen-bond acceptors (Lipinski definition) is 7. The zero-order valence-electron chi connectivity index (χ0n) is 29.0. The molecular weight excluding hydrogens is 606 g/mol. The number of nitrogens with one attached hydrogen (secondary N) is 2. The number of piperazine rings is 1. The van der Waals surface area contributed by atoms with Gasteiger partial charge in [0.25, 0.3) is 0 Å². The Morgan fingerprint density at radius 1 is 1.10 bits per heavy atom. The fourth-order valence-corrected chi connectivity index (χ4v) is 7.59. The van der Waals surface area contributed by atoms with Gasteiger partial charge in [-0.15, -0.1) is 0 Å². The molecule has 10 heteroatoms. The van der Waals surface area contributed by atoms with Crippen molar-refractivity contribution in [1.82, 2.24) is 15.2 Å². The normalized spacial score (nSPS) is 20.3. The maximum atomic E-state index is 14.0. The van der Waals surface area contributed by atoms with Gasteiger partial charge in [-0.2, -0.15) is 5.26 Å². The van der Waals surface area contributed by atoms with Crippen LogP contribution in [0.2, 0.25) is 0 Å². The molecule has 1 aliphatic heterocycles. The first-order valence-corrected chi connectivity index (χ1v) is 17.2. The molecule has 10 nitrogen and oxygen atoms in total. The lowest BCUT2D eigenvalue weighted by atomic mass is 9.70. The van der Waals surface area contributed by atoms with Gasteiger partial charge in [0.1, 0.15) is 12.2 Å². The highest BCUT2D eigenvalue weighted by Gasteiger charge is 2.41. The molecule has 48 heavy (non-hydrogen) atoms. The van der Waals surface area contributed by atoms with Crippen molar-refractivity contribution in [2.45, 2.75) is 84.3 Å².